The Kier molecular flexibility index (Phi) is 7.17. The molecule has 2 N–H and O–H groups in total. The number of carbonyl (C=O) groups is 1. The lowest BCUT2D eigenvalue weighted by Crippen LogP contribution is -2.27. The molecule has 116 valence electrons. The third-order valence-electron chi connectivity index (χ3n) is 2.76. The van der Waals surface area contributed by atoms with E-state index in [9.17, 15) is 14.9 Å². The molecule has 0 atom stereocenters. The fraction of sp³-hybridized carbons (Fsp3) is 0.500. The van der Waals surface area contributed by atoms with E-state index in [4.69, 9.17) is 4.74 Å². The molecule has 1 aromatic rings. The van der Waals surface area contributed by atoms with E-state index in [0.29, 0.717) is 32.0 Å². The molecular weight excluding hydrogens is 274 g/mol. The van der Waals surface area contributed by atoms with Crippen molar-refractivity contribution in [2.45, 2.75) is 20.3 Å². The highest BCUT2D eigenvalue weighted by Crippen LogP contribution is 2.25. The van der Waals surface area contributed by atoms with E-state index in [1.807, 2.05) is 13.8 Å². The zero-order chi connectivity index (χ0) is 15.7. The maximum absolute atomic E-state index is 11.9. The van der Waals surface area contributed by atoms with Crippen LogP contribution in [-0.4, -0.2) is 37.1 Å². The summed E-state index contributed by atoms with van der Waals surface area (Å²) in [6.45, 7) is 5.85. The lowest BCUT2D eigenvalue weighted by Gasteiger charge is -2.08. The number of hydrogen-bond acceptors (Lipinski definition) is 5. The van der Waals surface area contributed by atoms with Crippen LogP contribution in [0.1, 0.15) is 30.6 Å². The van der Waals surface area contributed by atoms with Gasteiger partial charge in [-0.25, -0.2) is 0 Å². The first kappa shape index (κ1) is 16.9. The molecule has 7 nitrogen and oxygen atoms in total. The zero-order valence-electron chi connectivity index (χ0n) is 12.3. The summed E-state index contributed by atoms with van der Waals surface area (Å²) in [7, 11) is 0. The van der Waals surface area contributed by atoms with Crippen LogP contribution in [0, 0.1) is 10.1 Å². The fourth-order valence-corrected chi connectivity index (χ4v) is 1.72. The predicted octanol–water partition coefficient (Wildman–Crippen LogP) is 2.18. The second-order valence-electron chi connectivity index (χ2n) is 4.37. The van der Waals surface area contributed by atoms with E-state index in [1.54, 1.807) is 12.1 Å². The summed E-state index contributed by atoms with van der Waals surface area (Å²) in [6.07, 6.45) is 0.858. The van der Waals surface area contributed by atoms with Gasteiger partial charge in [0.1, 0.15) is 5.69 Å². The molecule has 21 heavy (non-hydrogen) atoms. The third kappa shape index (κ3) is 5.39. The molecule has 0 heterocycles. The molecule has 0 aromatic heterocycles. The SMILES string of the molecule is CCCNc1ccc(C(=O)NCCOCC)cc1[N+](=O)[O-]. The van der Waals surface area contributed by atoms with Crippen LogP contribution in [0.4, 0.5) is 11.4 Å². The summed E-state index contributed by atoms with van der Waals surface area (Å²) in [4.78, 5) is 22.5. The highest BCUT2D eigenvalue weighted by Gasteiger charge is 2.17. The molecule has 7 heteroatoms. The monoisotopic (exact) mass is 295 g/mol. The van der Waals surface area contributed by atoms with Crippen molar-refractivity contribution in [1.82, 2.24) is 5.32 Å². The van der Waals surface area contributed by atoms with Crippen molar-refractivity contribution in [2.75, 3.05) is 31.6 Å². The molecule has 1 amide bonds. The molecule has 0 fully saturated rings. The van der Waals surface area contributed by atoms with Gasteiger partial charge < -0.3 is 15.4 Å². The van der Waals surface area contributed by atoms with Gasteiger partial charge in [-0.1, -0.05) is 6.92 Å². The Morgan fingerprint density at radius 2 is 2.10 bits per heavy atom. The van der Waals surface area contributed by atoms with Gasteiger partial charge >= 0.3 is 0 Å². The predicted molar refractivity (Wildman–Crippen MR) is 80.7 cm³/mol. The average molecular weight is 295 g/mol. The largest absolute Gasteiger partial charge is 0.380 e. The highest BCUT2D eigenvalue weighted by atomic mass is 16.6. The van der Waals surface area contributed by atoms with Gasteiger partial charge in [0.25, 0.3) is 11.6 Å². The minimum absolute atomic E-state index is 0.0964. The minimum atomic E-state index is -0.491. The summed E-state index contributed by atoms with van der Waals surface area (Å²) in [5.74, 6) is -0.347. The molecule has 0 aliphatic rings. The van der Waals surface area contributed by atoms with E-state index in [0.717, 1.165) is 6.42 Å². The summed E-state index contributed by atoms with van der Waals surface area (Å²) in [6, 6.07) is 4.42. The molecule has 0 unspecified atom stereocenters. The quantitative estimate of drug-likeness (QED) is 0.414. The number of anilines is 1. The number of benzene rings is 1. The van der Waals surface area contributed by atoms with Crippen molar-refractivity contribution in [2.24, 2.45) is 0 Å². The molecule has 0 aliphatic carbocycles. The van der Waals surface area contributed by atoms with Gasteiger partial charge in [0.15, 0.2) is 0 Å². The van der Waals surface area contributed by atoms with Crippen LogP contribution in [0.25, 0.3) is 0 Å². The van der Waals surface area contributed by atoms with E-state index in [2.05, 4.69) is 10.6 Å². The number of rotatable bonds is 9. The molecule has 0 saturated carbocycles. The van der Waals surface area contributed by atoms with Gasteiger partial charge in [-0.05, 0) is 25.5 Å². The Morgan fingerprint density at radius 1 is 1.33 bits per heavy atom. The number of carbonyl (C=O) groups excluding carboxylic acids is 1. The lowest BCUT2D eigenvalue weighted by molar-refractivity contribution is -0.384. The van der Waals surface area contributed by atoms with Crippen LogP contribution in [0.3, 0.4) is 0 Å². The third-order valence-corrected chi connectivity index (χ3v) is 2.76. The zero-order valence-corrected chi connectivity index (χ0v) is 12.3. The Bertz CT molecular complexity index is 491. The molecule has 0 spiro atoms. The molecule has 1 aromatic carbocycles. The molecule has 0 bridgehead atoms. The first-order valence-electron chi connectivity index (χ1n) is 6.98. The summed E-state index contributed by atoms with van der Waals surface area (Å²) in [5, 5.41) is 16.7. The summed E-state index contributed by atoms with van der Waals surface area (Å²) < 4.78 is 5.11. The minimum Gasteiger partial charge on any atom is -0.380 e. The van der Waals surface area contributed by atoms with Crippen molar-refractivity contribution >= 4 is 17.3 Å². The molecule has 0 aliphatic heterocycles. The van der Waals surface area contributed by atoms with Gasteiger partial charge in [-0.2, -0.15) is 0 Å². The first-order chi connectivity index (χ1) is 10.1. The second kappa shape index (κ2) is 8.91. The number of hydrogen-bond donors (Lipinski definition) is 2. The van der Waals surface area contributed by atoms with E-state index >= 15 is 0 Å². The first-order valence-corrected chi connectivity index (χ1v) is 6.98. The fourth-order valence-electron chi connectivity index (χ4n) is 1.72. The van der Waals surface area contributed by atoms with Gasteiger partial charge in [0.05, 0.1) is 11.5 Å². The number of amides is 1. The molecular formula is C14H21N3O4. The van der Waals surface area contributed by atoms with Gasteiger partial charge in [-0.3, -0.25) is 14.9 Å². The molecule has 0 saturated heterocycles. The van der Waals surface area contributed by atoms with Gasteiger partial charge in [-0.15, -0.1) is 0 Å². The van der Waals surface area contributed by atoms with Crippen molar-refractivity contribution < 1.29 is 14.5 Å². The maximum Gasteiger partial charge on any atom is 0.293 e. The summed E-state index contributed by atoms with van der Waals surface area (Å²) >= 11 is 0. The van der Waals surface area contributed by atoms with Crippen LogP contribution in [0.5, 0.6) is 0 Å². The van der Waals surface area contributed by atoms with Crippen molar-refractivity contribution in [3.8, 4) is 0 Å². The van der Waals surface area contributed by atoms with Crippen LogP contribution >= 0.6 is 0 Å². The Balaban J connectivity index is 2.77. The normalized spacial score (nSPS) is 10.2. The molecule has 0 radical (unpaired) electrons. The Labute approximate surface area is 123 Å². The van der Waals surface area contributed by atoms with Crippen molar-refractivity contribution in [3.05, 3.63) is 33.9 Å². The Hall–Kier alpha value is -2.15. The topological polar surface area (TPSA) is 93.5 Å². The number of nitro benzene ring substituents is 1. The maximum atomic E-state index is 11.9. The number of ether oxygens (including phenoxy) is 1. The van der Waals surface area contributed by atoms with E-state index in [-0.39, 0.29) is 17.2 Å². The van der Waals surface area contributed by atoms with E-state index < -0.39 is 4.92 Å². The van der Waals surface area contributed by atoms with Crippen molar-refractivity contribution in [1.29, 1.82) is 0 Å². The van der Waals surface area contributed by atoms with Crippen LogP contribution in [0.2, 0.25) is 0 Å². The Morgan fingerprint density at radius 3 is 2.71 bits per heavy atom. The molecule has 1 rings (SSSR count). The second-order valence-corrected chi connectivity index (χ2v) is 4.37. The van der Waals surface area contributed by atoms with Gasteiger partial charge in [0, 0.05) is 31.3 Å². The standard InChI is InChI=1S/C14H21N3O4/c1-3-7-15-12-6-5-11(10-13(12)17(19)20)14(18)16-8-9-21-4-2/h5-6,10,15H,3-4,7-9H2,1-2H3,(H,16,18). The average Bonchev–Trinajstić information content (AvgIpc) is 2.49. The van der Waals surface area contributed by atoms with Crippen molar-refractivity contribution in [3.63, 3.8) is 0 Å². The lowest BCUT2D eigenvalue weighted by atomic mass is 10.1. The highest BCUT2D eigenvalue weighted by molar-refractivity contribution is 5.95. The van der Waals surface area contributed by atoms with E-state index in [1.165, 1.54) is 6.07 Å². The number of nitro groups is 1. The van der Waals surface area contributed by atoms with Crippen LogP contribution in [-0.2, 0) is 4.74 Å². The smallest absolute Gasteiger partial charge is 0.293 e. The number of nitrogens with zero attached hydrogens (tertiary/aromatic N) is 1. The van der Waals surface area contributed by atoms with Crippen LogP contribution < -0.4 is 10.6 Å². The van der Waals surface area contributed by atoms with Crippen LogP contribution in [0.15, 0.2) is 18.2 Å². The number of nitrogens with one attached hydrogen (secondary N) is 2. The van der Waals surface area contributed by atoms with Gasteiger partial charge in [0.2, 0.25) is 0 Å². The summed E-state index contributed by atoms with van der Waals surface area (Å²) in [5.41, 5.74) is 0.592.